The Kier molecular flexibility index (Phi) is 2.09. The maximum Gasteiger partial charge on any atom is 0.539 e. The Morgan fingerprint density at radius 2 is 2.36 bits per heavy atom. The smallest absolute Gasteiger partial charge is 0.539 e. The molecular weight excluding hydrogens is 164 g/mol. The number of hydrogen-bond donors (Lipinski definition) is 0. The molecule has 0 saturated heterocycles. The molecule has 0 amide bonds. The Hall–Kier alpha value is -0.700. The summed E-state index contributed by atoms with van der Waals surface area (Å²) < 4.78 is 3.88. The zero-order valence-corrected chi connectivity index (χ0v) is 7.43. The van der Waals surface area contributed by atoms with Crippen LogP contribution in [0.25, 0.3) is 0 Å². The highest BCUT2D eigenvalue weighted by Gasteiger charge is 2.40. The van der Waals surface area contributed by atoms with E-state index in [1.165, 1.54) is 12.1 Å². The first-order valence-corrected chi connectivity index (χ1v) is 3.61. The van der Waals surface area contributed by atoms with E-state index in [2.05, 4.69) is 13.1 Å². The summed E-state index contributed by atoms with van der Waals surface area (Å²) in [6.45, 7) is 2.17. The molecule has 0 atom stereocenters. The zero-order valence-electron chi connectivity index (χ0n) is 6.67. The fourth-order valence-electron chi connectivity index (χ4n) is 1.20. The number of imidazole rings is 1. The second-order valence-corrected chi connectivity index (χ2v) is 2.65. The molecule has 1 aliphatic rings. The number of rotatable bonds is 2. The summed E-state index contributed by atoms with van der Waals surface area (Å²) in [7, 11) is 2.00. The predicted octanol–water partition coefficient (Wildman–Crippen LogP) is -2.58. The van der Waals surface area contributed by atoms with E-state index in [-0.39, 0.29) is 12.4 Å². The second-order valence-electron chi connectivity index (χ2n) is 2.65. The van der Waals surface area contributed by atoms with Crippen molar-refractivity contribution < 1.29 is 21.8 Å². The Labute approximate surface area is 72.0 Å². The molecule has 1 aliphatic heterocycles. The van der Waals surface area contributed by atoms with Crippen LogP contribution in [0.1, 0.15) is 19.0 Å². The van der Waals surface area contributed by atoms with Crippen molar-refractivity contribution in [2.45, 2.75) is 19.8 Å². The molecule has 0 unspecified atom stereocenters. The van der Waals surface area contributed by atoms with Gasteiger partial charge in [-0.3, -0.25) is 0 Å². The molecule has 0 aromatic carbocycles. The number of fused-ring (bicyclic) bond motifs is 1. The summed E-state index contributed by atoms with van der Waals surface area (Å²) >= 11 is 0. The van der Waals surface area contributed by atoms with Gasteiger partial charge in [0.15, 0.2) is 5.69 Å². The van der Waals surface area contributed by atoms with Crippen molar-refractivity contribution in [1.82, 2.24) is 4.73 Å². The number of aromatic nitrogens is 2. The summed E-state index contributed by atoms with van der Waals surface area (Å²) in [6, 6.07) is 0.975. The van der Waals surface area contributed by atoms with Gasteiger partial charge in [0, 0.05) is 11.2 Å². The van der Waals surface area contributed by atoms with Crippen LogP contribution in [-0.4, -0.2) is 4.73 Å². The molecule has 0 fully saturated rings. The minimum absolute atomic E-state index is 0. The van der Waals surface area contributed by atoms with E-state index in [1.54, 1.807) is 0 Å². The van der Waals surface area contributed by atoms with Crippen molar-refractivity contribution in [2.24, 2.45) is 7.05 Å². The topological polar surface area (TPSA) is 21.3 Å². The Morgan fingerprint density at radius 3 is 2.73 bits per heavy atom. The van der Waals surface area contributed by atoms with Crippen LogP contribution < -0.4 is 21.8 Å². The minimum atomic E-state index is 0. The molecule has 0 N–H and O–H groups in total. The van der Waals surface area contributed by atoms with Gasteiger partial charge in [0.1, 0.15) is 6.20 Å². The van der Waals surface area contributed by atoms with Crippen LogP contribution in [0.5, 0.6) is 6.01 Å². The highest BCUT2D eigenvalue weighted by molar-refractivity contribution is 5.09. The van der Waals surface area contributed by atoms with Gasteiger partial charge in [0.2, 0.25) is 0 Å². The molecule has 1 aromatic rings. The van der Waals surface area contributed by atoms with Crippen LogP contribution in [0.15, 0.2) is 6.20 Å². The van der Waals surface area contributed by atoms with E-state index < -0.39 is 0 Å². The van der Waals surface area contributed by atoms with Gasteiger partial charge in [-0.15, -0.1) is 0 Å². The monoisotopic (exact) mass is 174 g/mol. The molecule has 62 valence electrons. The standard InChI is InChI=1S/C7H11N2O.ClH/c1-3-4-6-5-8(2)7-9(6)10-7;/h5H,3-4H2,1-2H3;1H/q+1;/p-1. The van der Waals surface area contributed by atoms with E-state index in [1.807, 2.05) is 16.3 Å². The van der Waals surface area contributed by atoms with Crippen molar-refractivity contribution in [3.8, 4) is 6.01 Å². The van der Waals surface area contributed by atoms with Crippen molar-refractivity contribution in [3.63, 3.8) is 0 Å². The predicted molar refractivity (Wildman–Crippen MR) is 35.6 cm³/mol. The van der Waals surface area contributed by atoms with Crippen LogP contribution in [0.2, 0.25) is 0 Å². The largest absolute Gasteiger partial charge is 1.00 e. The first-order chi connectivity index (χ1) is 4.83. The molecular formula is C7H11ClN2O. The fraction of sp³-hybridized carbons (Fsp3) is 0.571. The molecule has 2 rings (SSSR count). The molecule has 3 nitrogen and oxygen atoms in total. The Balaban J connectivity index is 0.000000605. The lowest BCUT2D eigenvalue weighted by atomic mass is 10.3. The van der Waals surface area contributed by atoms with Crippen LogP contribution >= 0.6 is 0 Å². The summed E-state index contributed by atoms with van der Waals surface area (Å²) in [5.74, 6) is 0. The normalized spacial score (nSPS) is 11.5. The van der Waals surface area contributed by atoms with Crippen molar-refractivity contribution in [3.05, 3.63) is 11.9 Å². The number of halogens is 1. The third kappa shape index (κ3) is 1.20. The minimum Gasteiger partial charge on any atom is -1.00 e. The van der Waals surface area contributed by atoms with Crippen LogP contribution in [-0.2, 0) is 13.5 Å². The zero-order chi connectivity index (χ0) is 7.14. The fourth-order valence-corrected chi connectivity index (χ4v) is 1.20. The number of nitrogens with zero attached hydrogens (tertiary/aromatic N) is 2. The molecule has 1 aromatic heterocycles. The highest BCUT2D eigenvalue weighted by atomic mass is 35.5. The molecule has 0 bridgehead atoms. The van der Waals surface area contributed by atoms with E-state index in [0.717, 1.165) is 12.4 Å². The van der Waals surface area contributed by atoms with Gasteiger partial charge in [-0.05, 0) is 6.42 Å². The molecule has 11 heavy (non-hydrogen) atoms. The SMILES string of the molecule is CCCc1c[n+](C)c2n1O2.[Cl-]. The Bertz CT molecular complexity index is 270. The second kappa shape index (κ2) is 2.74. The van der Waals surface area contributed by atoms with Crippen LogP contribution in [0.4, 0.5) is 0 Å². The molecule has 4 heteroatoms. The number of aryl methyl sites for hydroxylation is 2. The lowest BCUT2D eigenvalue weighted by Crippen LogP contribution is -3.00. The molecule has 0 spiro atoms. The van der Waals surface area contributed by atoms with Crippen LogP contribution in [0.3, 0.4) is 0 Å². The van der Waals surface area contributed by atoms with Gasteiger partial charge in [-0.25, -0.2) is 4.84 Å². The lowest BCUT2D eigenvalue weighted by molar-refractivity contribution is -0.666. The van der Waals surface area contributed by atoms with Gasteiger partial charge in [-0.1, -0.05) is 6.92 Å². The lowest BCUT2D eigenvalue weighted by Gasteiger charge is -1.84. The van der Waals surface area contributed by atoms with Gasteiger partial charge < -0.3 is 12.4 Å². The van der Waals surface area contributed by atoms with Crippen molar-refractivity contribution in [2.75, 3.05) is 0 Å². The summed E-state index contributed by atoms with van der Waals surface area (Å²) in [4.78, 5) is 5.14. The van der Waals surface area contributed by atoms with E-state index in [9.17, 15) is 0 Å². The molecule has 0 aliphatic carbocycles. The molecule has 0 radical (unpaired) electrons. The maximum absolute atomic E-state index is 5.14. The molecule has 2 heterocycles. The molecule has 0 saturated carbocycles. The van der Waals surface area contributed by atoms with Gasteiger partial charge in [0.05, 0.1) is 7.05 Å². The van der Waals surface area contributed by atoms with Crippen molar-refractivity contribution >= 4 is 0 Å². The maximum atomic E-state index is 5.14. The van der Waals surface area contributed by atoms with Gasteiger partial charge in [0.25, 0.3) is 0 Å². The quantitative estimate of drug-likeness (QED) is 0.362. The summed E-state index contributed by atoms with van der Waals surface area (Å²) in [5, 5.41) is 0. The first-order valence-electron chi connectivity index (χ1n) is 3.61. The van der Waals surface area contributed by atoms with E-state index in [0.29, 0.717) is 0 Å². The summed E-state index contributed by atoms with van der Waals surface area (Å²) in [6.07, 6.45) is 4.39. The average Bonchev–Trinajstić information content (AvgIpc) is 2.59. The Morgan fingerprint density at radius 1 is 1.64 bits per heavy atom. The third-order valence-electron chi connectivity index (χ3n) is 1.73. The van der Waals surface area contributed by atoms with Crippen LogP contribution in [0, 0.1) is 0 Å². The third-order valence-corrected chi connectivity index (χ3v) is 1.73. The summed E-state index contributed by atoms with van der Waals surface area (Å²) in [5.41, 5.74) is 1.28. The van der Waals surface area contributed by atoms with E-state index >= 15 is 0 Å². The van der Waals surface area contributed by atoms with E-state index in [4.69, 9.17) is 4.84 Å². The number of hydrogen-bond acceptors (Lipinski definition) is 1. The average molecular weight is 175 g/mol. The van der Waals surface area contributed by atoms with Gasteiger partial charge in [-0.2, -0.15) is 4.57 Å². The first kappa shape index (κ1) is 8.40. The highest BCUT2D eigenvalue weighted by Crippen LogP contribution is 2.22. The van der Waals surface area contributed by atoms with Crippen molar-refractivity contribution in [1.29, 1.82) is 0 Å². The van der Waals surface area contributed by atoms with Gasteiger partial charge >= 0.3 is 6.01 Å².